The molecule has 1 atom stereocenters. The van der Waals surface area contributed by atoms with Crippen LogP contribution in [0.15, 0.2) is 30.3 Å². The number of hydrogen-bond acceptors (Lipinski definition) is 3. The van der Waals surface area contributed by atoms with E-state index in [2.05, 4.69) is 0 Å². The van der Waals surface area contributed by atoms with Crippen molar-refractivity contribution >= 4 is 14.0 Å². The quantitative estimate of drug-likeness (QED) is 0.668. The van der Waals surface area contributed by atoms with Crippen LogP contribution < -0.4 is 21.0 Å². The first-order chi connectivity index (χ1) is 6.25. The monoisotopic (exact) mass is 297 g/mol. The van der Waals surface area contributed by atoms with Gasteiger partial charge in [0.2, 0.25) is 0 Å². The van der Waals surface area contributed by atoms with Gasteiger partial charge in [-0.3, -0.25) is 0 Å². The molecule has 12 heavy (non-hydrogen) atoms. The van der Waals surface area contributed by atoms with Gasteiger partial charge in [-0.1, -0.05) is 0 Å². The van der Waals surface area contributed by atoms with Crippen LogP contribution in [0.3, 0.4) is 0 Å². The molecule has 0 radical (unpaired) electrons. The number of aliphatic hydroxyl groups is 1. The van der Waals surface area contributed by atoms with Gasteiger partial charge >= 0.3 is 87.5 Å². The number of hydrogen-bond donors (Lipinski definition) is 1. The second-order valence-electron chi connectivity index (χ2n) is 2.21. The zero-order valence-electron chi connectivity index (χ0n) is 7.11. The van der Waals surface area contributed by atoms with Gasteiger partial charge in [-0.2, -0.15) is 0 Å². The van der Waals surface area contributed by atoms with E-state index in [0.29, 0.717) is 5.56 Å². The molecule has 1 rings (SSSR count). The van der Waals surface area contributed by atoms with E-state index in [1.165, 1.54) is 0 Å². The third kappa shape index (κ3) is 2.46. The summed E-state index contributed by atoms with van der Waals surface area (Å²) in [7, 11) is 0.922. The van der Waals surface area contributed by atoms with Crippen LogP contribution in [-0.4, -0.2) is 10.8 Å². The van der Waals surface area contributed by atoms with E-state index < -0.39 is 27.1 Å². The van der Waals surface area contributed by atoms with Crippen LogP contribution in [0.2, 0.25) is 0 Å². The number of rotatable bonds is 3. The van der Waals surface area contributed by atoms with Crippen molar-refractivity contribution in [3.63, 3.8) is 0 Å². The third-order valence-corrected chi connectivity index (χ3v) is 3.09. The van der Waals surface area contributed by atoms with E-state index >= 15 is 0 Å². The van der Waals surface area contributed by atoms with Gasteiger partial charge in [0, 0.05) is 0 Å². The summed E-state index contributed by atoms with van der Waals surface area (Å²) in [6.45, 7) is 0. The van der Waals surface area contributed by atoms with Crippen molar-refractivity contribution in [1.82, 2.24) is 0 Å². The maximum absolute atomic E-state index is 11.2. The fourth-order valence-electron chi connectivity index (χ4n) is 0.814. The molecule has 0 aliphatic carbocycles. The van der Waals surface area contributed by atoms with Crippen LogP contribution in [-0.2, 0) is 4.79 Å². The molecule has 1 aromatic rings. The van der Waals surface area contributed by atoms with Crippen molar-refractivity contribution < 1.29 is 30.9 Å². The molecule has 0 aliphatic heterocycles. The summed E-state index contributed by atoms with van der Waals surface area (Å²) >= 11 is -0.901. The van der Waals surface area contributed by atoms with Gasteiger partial charge in [-0.05, 0) is 0 Å². The Balaban J connectivity index is 2.68. The summed E-state index contributed by atoms with van der Waals surface area (Å²) in [5, 5.41) is 9.16. The first kappa shape index (κ1) is 8.52. The number of aliphatic hydroxyl groups excluding tert-OH is 1. The molecule has 0 aliphatic rings. The SMILES string of the molecule is [3H][I-]SC(=O)[C@H](O)c1ccccc1. The van der Waals surface area contributed by atoms with Gasteiger partial charge in [0.25, 0.3) is 0 Å². The van der Waals surface area contributed by atoms with Crippen LogP contribution >= 0.6 is 8.93 Å². The molecule has 0 fully saturated rings. The van der Waals surface area contributed by atoms with Crippen molar-refractivity contribution in [2.24, 2.45) is 0 Å². The van der Waals surface area contributed by atoms with E-state index in [1.807, 2.05) is 6.07 Å². The first-order valence-corrected chi connectivity index (χ1v) is 6.67. The summed E-state index contributed by atoms with van der Waals surface area (Å²) in [5.41, 5.74) is 0.595. The van der Waals surface area contributed by atoms with Crippen LogP contribution in [0.1, 0.15) is 11.7 Å². The minimum atomic E-state index is -1.07. The Morgan fingerprint density at radius 3 is 2.83 bits per heavy atom. The molecule has 0 aromatic heterocycles. The van der Waals surface area contributed by atoms with Crippen molar-refractivity contribution in [3.05, 3.63) is 35.9 Å². The molecule has 1 aromatic carbocycles. The molecule has 0 saturated heterocycles. The molecule has 0 saturated carbocycles. The second kappa shape index (κ2) is 4.84. The molecule has 0 spiro atoms. The Kier molecular flexibility index (Phi) is 3.43. The Morgan fingerprint density at radius 2 is 2.25 bits per heavy atom. The van der Waals surface area contributed by atoms with Gasteiger partial charge in [-0.25, -0.2) is 0 Å². The molecule has 0 bridgehead atoms. The van der Waals surface area contributed by atoms with Gasteiger partial charge in [0.15, 0.2) is 0 Å². The van der Waals surface area contributed by atoms with Crippen molar-refractivity contribution in [1.29, 1.82) is 0.594 Å². The normalized spacial score (nSPS) is 13.9. The van der Waals surface area contributed by atoms with Gasteiger partial charge in [0.05, 0.1) is 0 Å². The summed E-state index contributed by atoms with van der Waals surface area (Å²) in [5.74, 6) is 0. The molecular formula is C8H8IO2S-. The predicted octanol–water partition coefficient (Wildman–Crippen LogP) is -1.82. The predicted molar refractivity (Wildman–Crippen MR) is 45.4 cm³/mol. The van der Waals surface area contributed by atoms with E-state index in [0.717, 1.165) is 8.93 Å². The number of carbonyl (C=O) groups is 1. The molecule has 66 valence electrons. The average molecular weight is 297 g/mol. The van der Waals surface area contributed by atoms with Gasteiger partial charge in [0.1, 0.15) is 0 Å². The van der Waals surface area contributed by atoms with Gasteiger partial charge in [-0.15, -0.1) is 0 Å². The Labute approximate surface area is 87.4 Å². The summed E-state index contributed by atoms with van der Waals surface area (Å²) in [6, 6.07) is 8.76. The zero-order valence-corrected chi connectivity index (χ0v) is 9.08. The van der Waals surface area contributed by atoms with Crippen LogP contribution in [0.4, 0.5) is 0 Å². The minimum absolute atomic E-state index is 0.325. The molecule has 0 unspecified atom stereocenters. The standard InChI is InChI=1S/C8H8IO2S/c9-12-8(11)7(10)6-4-2-1-3-5-6/h1-5,7,9-10H/q-1/t7-/m1/s1/i9T. The van der Waals surface area contributed by atoms with E-state index in [-0.39, 0.29) is 5.12 Å². The van der Waals surface area contributed by atoms with Gasteiger partial charge < -0.3 is 0 Å². The number of benzene rings is 1. The zero-order chi connectivity index (χ0) is 9.68. The first-order valence-electron chi connectivity index (χ1n) is 3.69. The summed E-state index contributed by atoms with van der Waals surface area (Å²) in [6.07, 6.45) is -1.07. The van der Waals surface area contributed by atoms with Crippen LogP contribution in [0.25, 0.3) is 0 Å². The van der Waals surface area contributed by atoms with Crippen LogP contribution in [0, 0.1) is 0 Å². The topological polar surface area (TPSA) is 37.3 Å². The van der Waals surface area contributed by atoms with E-state index in [9.17, 15) is 9.90 Å². The molecule has 2 nitrogen and oxygen atoms in total. The van der Waals surface area contributed by atoms with E-state index in [4.69, 9.17) is 0.594 Å². The molecule has 0 heterocycles. The summed E-state index contributed by atoms with van der Waals surface area (Å²) < 4.78 is 6.93. The Morgan fingerprint density at radius 1 is 1.58 bits per heavy atom. The molecule has 4 heteroatoms. The summed E-state index contributed by atoms with van der Waals surface area (Å²) in [4.78, 5) is 11.2. The molecular weight excluding hydrogens is 287 g/mol. The maximum atomic E-state index is 11.2. The Bertz CT molecular complexity index is 281. The average Bonchev–Trinajstić information content (AvgIpc) is 2.18. The number of carbonyl (C=O) groups excluding carboxylic acids is 1. The van der Waals surface area contributed by atoms with Crippen molar-refractivity contribution in [2.75, 3.05) is 0 Å². The van der Waals surface area contributed by atoms with Crippen LogP contribution in [0.5, 0.6) is 0 Å². The Hall–Kier alpha value is -0.0700. The number of halogens is 1. The van der Waals surface area contributed by atoms with Crippen molar-refractivity contribution in [3.8, 4) is 0 Å². The van der Waals surface area contributed by atoms with Crippen molar-refractivity contribution in [2.45, 2.75) is 6.10 Å². The molecule has 0 amide bonds. The second-order valence-corrected chi connectivity index (χ2v) is 4.09. The molecule has 1 N–H and O–H groups in total. The fraction of sp³-hybridized carbons (Fsp3) is 0.125. The fourth-order valence-corrected chi connectivity index (χ4v) is 1.76. The van der Waals surface area contributed by atoms with E-state index in [1.54, 1.807) is 24.3 Å². The third-order valence-electron chi connectivity index (χ3n) is 1.41.